The third-order valence-electron chi connectivity index (χ3n) is 4.02. The van der Waals surface area contributed by atoms with Crippen molar-refractivity contribution in [1.29, 1.82) is 0 Å². The Bertz CT molecular complexity index is 1290. The molecule has 0 aliphatic heterocycles. The maximum absolute atomic E-state index is 10.8. The fraction of sp³-hybridized carbons (Fsp3) is 0.0625. The van der Waals surface area contributed by atoms with Crippen molar-refractivity contribution in [1.82, 2.24) is 19.8 Å². The van der Waals surface area contributed by atoms with Crippen LogP contribution in [0.2, 0.25) is 0 Å². The van der Waals surface area contributed by atoms with Gasteiger partial charge in [0.15, 0.2) is 16.5 Å². The number of nitrogens with zero attached hydrogens (tertiary/aromatic N) is 5. The summed E-state index contributed by atoms with van der Waals surface area (Å²) in [7, 11) is 0. The lowest BCUT2D eigenvalue weighted by Gasteiger charge is -1.93. The van der Waals surface area contributed by atoms with Gasteiger partial charge in [-0.3, -0.25) is 10.1 Å². The molecule has 0 atom stereocenters. The minimum absolute atomic E-state index is 0.305. The third kappa shape index (κ3) is 2.05. The summed E-state index contributed by atoms with van der Waals surface area (Å²) in [5.41, 5.74) is 1.70. The summed E-state index contributed by atoms with van der Waals surface area (Å²) in [6, 6.07) is 10.5. The van der Waals surface area contributed by atoms with Gasteiger partial charge in [-0.2, -0.15) is 4.52 Å². The highest BCUT2D eigenvalue weighted by Gasteiger charge is 2.22. The van der Waals surface area contributed by atoms with Crippen molar-refractivity contribution in [2.75, 3.05) is 0 Å². The zero-order valence-corrected chi connectivity index (χ0v) is 14.1. The Morgan fingerprint density at radius 3 is 2.77 bits per heavy atom. The zero-order chi connectivity index (χ0) is 17.8. The first kappa shape index (κ1) is 14.8. The van der Waals surface area contributed by atoms with Crippen molar-refractivity contribution in [3.8, 4) is 22.4 Å². The predicted molar refractivity (Wildman–Crippen MR) is 93.0 cm³/mol. The van der Waals surface area contributed by atoms with Gasteiger partial charge in [-0.05, 0) is 19.1 Å². The molecule has 5 rings (SSSR count). The van der Waals surface area contributed by atoms with E-state index in [0.29, 0.717) is 27.3 Å². The topological polar surface area (TPSA) is 112 Å². The maximum Gasteiger partial charge on any atom is 0.433 e. The third-order valence-corrected chi connectivity index (χ3v) is 4.93. The Morgan fingerprint density at radius 1 is 1.15 bits per heavy atom. The van der Waals surface area contributed by atoms with E-state index in [0.717, 1.165) is 16.5 Å². The van der Waals surface area contributed by atoms with Crippen LogP contribution in [0.4, 0.5) is 5.88 Å². The van der Waals surface area contributed by atoms with Crippen molar-refractivity contribution in [2.24, 2.45) is 0 Å². The summed E-state index contributed by atoms with van der Waals surface area (Å²) < 4.78 is 12.7. The minimum Gasteiger partial charge on any atom is -0.452 e. The quantitative estimate of drug-likeness (QED) is 0.349. The van der Waals surface area contributed by atoms with Crippen molar-refractivity contribution in [2.45, 2.75) is 6.92 Å². The molecule has 0 amide bonds. The number of aromatic nitrogens is 4. The van der Waals surface area contributed by atoms with Crippen LogP contribution in [0.15, 0.2) is 45.2 Å². The van der Waals surface area contributed by atoms with Crippen molar-refractivity contribution in [3.05, 3.63) is 52.1 Å². The fourth-order valence-electron chi connectivity index (χ4n) is 2.79. The van der Waals surface area contributed by atoms with Crippen LogP contribution in [0.5, 0.6) is 0 Å². The van der Waals surface area contributed by atoms with E-state index in [2.05, 4.69) is 15.3 Å². The van der Waals surface area contributed by atoms with E-state index in [1.807, 2.05) is 31.2 Å². The van der Waals surface area contributed by atoms with Gasteiger partial charge in [0.1, 0.15) is 10.5 Å². The van der Waals surface area contributed by atoms with Crippen LogP contribution < -0.4 is 0 Å². The number of furan rings is 2. The summed E-state index contributed by atoms with van der Waals surface area (Å²) in [5.74, 6) is 1.03. The monoisotopic (exact) mass is 367 g/mol. The van der Waals surface area contributed by atoms with Gasteiger partial charge in [-0.1, -0.05) is 29.5 Å². The molecule has 0 spiro atoms. The van der Waals surface area contributed by atoms with Gasteiger partial charge in [0, 0.05) is 10.9 Å². The molecule has 4 heterocycles. The van der Waals surface area contributed by atoms with Crippen LogP contribution in [-0.4, -0.2) is 24.7 Å². The lowest BCUT2D eigenvalue weighted by Crippen LogP contribution is -1.91. The molecule has 0 saturated heterocycles. The summed E-state index contributed by atoms with van der Waals surface area (Å²) in [4.78, 5) is 10.7. The Labute approximate surface area is 148 Å². The predicted octanol–water partition coefficient (Wildman–Crippen LogP) is 4.08. The average Bonchev–Trinajstić information content (AvgIpc) is 3.37. The lowest BCUT2D eigenvalue weighted by molar-refractivity contribution is -0.401. The van der Waals surface area contributed by atoms with Crippen LogP contribution in [0, 0.1) is 17.0 Å². The first-order valence-corrected chi connectivity index (χ1v) is 8.39. The van der Waals surface area contributed by atoms with Crippen LogP contribution in [0.1, 0.15) is 5.56 Å². The van der Waals surface area contributed by atoms with Crippen LogP contribution >= 0.6 is 11.3 Å². The first-order valence-electron chi connectivity index (χ1n) is 7.57. The summed E-state index contributed by atoms with van der Waals surface area (Å²) in [6.45, 7) is 1.95. The fourth-order valence-corrected chi connectivity index (χ4v) is 3.59. The highest BCUT2D eigenvalue weighted by Crippen LogP contribution is 2.34. The number of benzene rings is 1. The van der Waals surface area contributed by atoms with Gasteiger partial charge >= 0.3 is 5.88 Å². The Balaban J connectivity index is 1.66. The molecule has 9 nitrogen and oxygen atoms in total. The average molecular weight is 367 g/mol. The van der Waals surface area contributed by atoms with Gasteiger partial charge in [0.2, 0.25) is 10.8 Å². The zero-order valence-electron chi connectivity index (χ0n) is 13.2. The highest BCUT2D eigenvalue weighted by molar-refractivity contribution is 7.19. The number of para-hydroxylation sites is 1. The van der Waals surface area contributed by atoms with Gasteiger partial charge in [-0.25, -0.2) is 0 Å². The Kier molecular flexibility index (Phi) is 2.97. The molecule has 1 aromatic carbocycles. The summed E-state index contributed by atoms with van der Waals surface area (Å²) in [6.07, 6.45) is 0. The molecule has 0 saturated carbocycles. The van der Waals surface area contributed by atoms with E-state index < -0.39 is 4.92 Å². The molecule has 4 aromatic heterocycles. The van der Waals surface area contributed by atoms with Crippen molar-refractivity contribution >= 4 is 33.2 Å². The molecule has 0 unspecified atom stereocenters. The number of hydrogen-bond acceptors (Lipinski definition) is 8. The SMILES string of the molecule is Cc1c(-c2nnc3sc(-c4ccc([N+](=O)[O-])o4)nn23)oc2ccccc12. The van der Waals surface area contributed by atoms with E-state index in [1.165, 1.54) is 23.5 Å². The van der Waals surface area contributed by atoms with Crippen LogP contribution in [0.25, 0.3) is 38.3 Å². The van der Waals surface area contributed by atoms with Crippen molar-refractivity contribution in [3.63, 3.8) is 0 Å². The number of hydrogen-bond donors (Lipinski definition) is 0. The Morgan fingerprint density at radius 2 is 2.00 bits per heavy atom. The molecule has 0 radical (unpaired) electrons. The normalized spacial score (nSPS) is 11.6. The molecule has 0 bridgehead atoms. The lowest BCUT2D eigenvalue weighted by atomic mass is 10.1. The van der Waals surface area contributed by atoms with E-state index >= 15 is 0 Å². The first-order chi connectivity index (χ1) is 12.6. The van der Waals surface area contributed by atoms with E-state index in [9.17, 15) is 10.1 Å². The van der Waals surface area contributed by atoms with Gasteiger partial charge < -0.3 is 8.83 Å². The second-order valence-corrected chi connectivity index (χ2v) is 6.53. The number of nitro groups is 1. The molecular weight excluding hydrogens is 358 g/mol. The molecule has 128 valence electrons. The van der Waals surface area contributed by atoms with Gasteiger partial charge in [0.05, 0.1) is 6.07 Å². The van der Waals surface area contributed by atoms with Gasteiger partial charge in [-0.15, -0.1) is 15.3 Å². The highest BCUT2D eigenvalue weighted by atomic mass is 32.1. The molecule has 0 fully saturated rings. The smallest absolute Gasteiger partial charge is 0.433 e. The largest absolute Gasteiger partial charge is 0.452 e. The van der Waals surface area contributed by atoms with E-state index in [1.54, 1.807) is 4.52 Å². The van der Waals surface area contributed by atoms with Gasteiger partial charge in [0.25, 0.3) is 0 Å². The van der Waals surface area contributed by atoms with Crippen LogP contribution in [-0.2, 0) is 0 Å². The number of fused-ring (bicyclic) bond motifs is 2. The van der Waals surface area contributed by atoms with E-state index in [4.69, 9.17) is 8.83 Å². The standard InChI is InChI=1S/C16H9N5O4S/c1-8-9-4-2-3-5-10(9)25-13(8)14-17-18-16-20(14)19-15(26-16)11-6-7-12(24-11)21(22)23/h2-7H,1H3. The second-order valence-electron chi connectivity index (χ2n) is 5.57. The number of rotatable bonds is 3. The summed E-state index contributed by atoms with van der Waals surface area (Å²) in [5, 5.41) is 25.0. The molecule has 5 aromatic rings. The molecule has 26 heavy (non-hydrogen) atoms. The molecule has 0 aliphatic rings. The minimum atomic E-state index is -0.590. The summed E-state index contributed by atoms with van der Waals surface area (Å²) >= 11 is 1.22. The maximum atomic E-state index is 10.8. The molecule has 0 N–H and O–H groups in total. The molecular formula is C16H9N5O4S. The van der Waals surface area contributed by atoms with Crippen LogP contribution in [0.3, 0.4) is 0 Å². The number of aryl methyl sites for hydroxylation is 1. The second kappa shape index (κ2) is 5.23. The van der Waals surface area contributed by atoms with E-state index in [-0.39, 0.29) is 5.88 Å². The Hall–Kier alpha value is -3.53. The van der Waals surface area contributed by atoms with Crippen molar-refractivity contribution < 1.29 is 13.8 Å². The molecule has 0 aliphatic carbocycles. The molecule has 10 heteroatoms.